The van der Waals surface area contributed by atoms with E-state index in [1.54, 1.807) is 29.3 Å². The second kappa shape index (κ2) is 9.32. The third-order valence-electron chi connectivity index (χ3n) is 5.39. The van der Waals surface area contributed by atoms with Crippen molar-refractivity contribution in [2.24, 2.45) is 7.05 Å². The Labute approximate surface area is 200 Å². The predicted molar refractivity (Wildman–Crippen MR) is 130 cm³/mol. The highest BCUT2D eigenvalue weighted by atomic mass is 32.1. The largest absolute Gasteiger partial charge is 0.496 e. The summed E-state index contributed by atoms with van der Waals surface area (Å²) in [6.07, 6.45) is 3.53. The van der Waals surface area contributed by atoms with E-state index in [9.17, 15) is 4.79 Å². The van der Waals surface area contributed by atoms with Gasteiger partial charge in [-0.25, -0.2) is 14.6 Å². The number of hydrogen-bond donors (Lipinski definition) is 1. The molecule has 0 bridgehead atoms. The van der Waals surface area contributed by atoms with Gasteiger partial charge in [0.15, 0.2) is 5.82 Å². The Morgan fingerprint density at radius 3 is 2.56 bits per heavy atom. The summed E-state index contributed by atoms with van der Waals surface area (Å²) in [4.78, 5) is 23.5. The quantitative estimate of drug-likeness (QED) is 0.384. The number of carbonyl (C=O) groups excluding carboxylic acids is 1. The highest BCUT2D eigenvalue weighted by Crippen LogP contribution is 2.30. The van der Waals surface area contributed by atoms with E-state index in [2.05, 4.69) is 20.4 Å². The van der Waals surface area contributed by atoms with Crippen LogP contribution in [0.3, 0.4) is 0 Å². The first kappa shape index (κ1) is 21.6. The van der Waals surface area contributed by atoms with Gasteiger partial charge in [0, 0.05) is 25.0 Å². The van der Waals surface area contributed by atoms with Gasteiger partial charge in [-0.1, -0.05) is 42.5 Å². The zero-order valence-corrected chi connectivity index (χ0v) is 19.4. The summed E-state index contributed by atoms with van der Waals surface area (Å²) in [5, 5.41) is 9.61. The van der Waals surface area contributed by atoms with Gasteiger partial charge < -0.3 is 14.6 Å². The topological polar surface area (TPSA) is 86.9 Å². The number of imidazole rings is 1. The van der Waals surface area contributed by atoms with Crippen molar-refractivity contribution in [3.05, 3.63) is 102 Å². The monoisotopic (exact) mass is 470 g/mol. The van der Waals surface area contributed by atoms with Gasteiger partial charge in [-0.15, -0.1) is 16.4 Å². The van der Waals surface area contributed by atoms with Gasteiger partial charge >= 0.3 is 0 Å². The first-order valence-electron chi connectivity index (χ1n) is 10.6. The number of hydrogen-bond acceptors (Lipinski definition) is 6. The number of methoxy groups -OCH3 is 1. The molecule has 0 radical (unpaired) electrons. The van der Waals surface area contributed by atoms with E-state index in [0.29, 0.717) is 17.4 Å². The molecule has 3 aromatic heterocycles. The summed E-state index contributed by atoms with van der Waals surface area (Å²) in [6.45, 7) is 0. The van der Waals surface area contributed by atoms with Crippen LogP contribution in [0.4, 0.5) is 0 Å². The lowest BCUT2D eigenvalue weighted by molar-refractivity contribution is 0.0930. The summed E-state index contributed by atoms with van der Waals surface area (Å²) in [6, 6.07) is 20.5. The second-order valence-corrected chi connectivity index (χ2v) is 8.48. The molecule has 0 saturated heterocycles. The first-order valence-corrected chi connectivity index (χ1v) is 11.5. The molecule has 0 fully saturated rings. The third-order valence-corrected chi connectivity index (χ3v) is 6.26. The Morgan fingerprint density at radius 1 is 1.06 bits per heavy atom. The molecule has 3 heterocycles. The molecule has 5 aromatic rings. The maximum absolute atomic E-state index is 13.5. The van der Waals surface area contributed by atoms with Gasteiger partial charge in [-0.3, -0.25) is 4.79 Å². The number of rotatable bonds is 7. The number of thiophene rings is 1. The van der Waals surface area contributed by atoms with Crippen molar-refractivity contribution in [3.8, 4) is 22.1 Å². The van der Waals surface area contributed by atoms with Crippen molar-refractivity contribution in [1.29, 1.82) is 0 Å². The Kier molecular flexibility index (Phi) is 5.92. The van der Waals surface area contributed by atoms with Gasteiger partial charge in [-0.05, 0) is 29.6 Å². The summed E-state index contributed by atoms with van der Waals surface area (Å²) in [5.74, 6) is 1.58. The minimum atomic E-state index is -0.558. The van der Waals surface area contributed by atoms with Crippen LogP contribution in [0, 0.1) is 0 Å². The second-order valence-electron chi connectivity index (χ2n) is 7.53. The molecule has 8 nitrogen and oxygen atoms in total. The molecule has 1 N–H and O–H groups in total. The van der Waals surface area contributed by atoms with Crippen LogP contribution in [0.2, 0.25) is 0 Å². The molecule has 1 atom stereocenters. The summed E-state index contributed by atoms with van der Waals surface area (Å²) in [7, 11) is 3.49. The highest BCUT2D eigenvalue weighted by molar-refractivity contribution is 7.13. The van der Waals surface area contributed by atoms with Crippen molar-refractivity contribution >= 4 is 17.2 Å². The van der Waals surface area contributed by atoms with Gasteiger partial charge in [0.25, 0.3) is 5.91 Å². The van der Waals surface area contributed by atoms with Crippen molar-refractivity contribution < 1.29 is 9.53 Å². The maximum atomic E-state index is 13.5. The van der Waals surface area contributed by atoms with Gasteiger partial charge in [0.1, 0.15) is 17.6 Å². The average Bonchev–Trinajstić information content (AvgIpc) is 3.64. The van der Waals surface area contributed by atoms with Crippen LogP contribution in [0.5, 0.6) is 5.75 Å². The van der Waals surface area contributed by atoms with Crippen LogP contribution in [0.15, 0.2) is 84.5 Å². The van der Waals surface area contributed by atoms with E-state index in [1.165, 1.54) is 0 Å². The molecule has 1 unspecified atom stereocenters. The van der Waals surface area contributed by atoms with Crippen LogP contribution in [-0.4, -0.2) is 37.3 Å². The number of para-hydroxylation sites is 2. The average molecular weight is 471 g/mol. The van der Waals surface area contributed by atoms with Crippen LogP contribution in [0.25, 0.3) is 16.4 Å². The third kappa shape index (κ3) is 4.08. The molecular weight excluding hydrogens is 448 g/mol. The van der Waals surface area contributed by atoms with Crippen molar-refractivity contribution in [1.82, 2.24) is 29.6 Å². The Hall–Kier alpha value is -4.24. The van der Waals surface area contributed by atoms with E-state index >= 15 is 0 Å². The standard InChI is InChI=1S/C25H22N6O2S/c1-30-15-14-26-24(30)21(18-11-6-7-12-19(18)33-2)27-25(32)22-28-23(20-13-8-16-34-20)31(29-22)17-9-4-3-5-10-17/h3-16,21H,1-2H3,(H,27,32). The normalized spacial score (nSPS) is 11.8. The van der Waals surface area contributed by atoms with Crippen molar-refractivity contribution in [2.75, 3.05) is 7.11 Å². The number of benzene rings is 2. The van der Waals surface area contributed by atoms with E-state index in [4.69, 9.17) is 4.74 Å². The van der Waals surface area contributed by atoms with Crippen LogP contribution in [0.1, 0.15) is 28.0 Å². The number of nitrogens with zero attached hydrogens (tertiary/aromatic N) is 5. The predicted octanol–water partition coefficient (Wildman–Crippen LogP) is 4.26. The number of nitrogens with one attached hydrogen (secondary N) is 1. The SMILES string of the molecule is COc1ccccc1C(NC(=O)c1nc(-c2cccs2)n(-c2ccccc2)n1)c1nccn1C. The molecule has 0 spiro atoms. The maximum Gasteiger partial charge on any atom is 0.291 e. The number of amides is 1. The number of carbonyl (C=O) groups is 1. The molecule has 170 valence electrons. The Balaban J connectivity index is 1.55. The number of ether oxygens (including phenoxy) is 1. The molecule has 1 amide bonds. The van der Waals surface area contributed by atoms with Gasteiger partial charge in [-0.2, -0.15) is 0 Å². The fraction of sp³-hybridized carbons (Fsp3) is 0.120. The molecule has 0 aliphatic heterocycles. The highest BCUT2D eigenvalue weighted by Gasteiger charge is 2.27. The minimum absolute atomic E-state index is 0.0707. The summed E-state index contributed by atoms with van der Waals surface area (Å²) < 4.78 is 9.12. The van der Waals surface area contributed by atoms with E-state index in [1.807, 2.05) is 89.9 Å². The van der Waals surface area contributed by atoms with E-state index in [0.717, 1.165) is 16.1 Å². The lowest BCUT2D eigenvalue weighted by Crippen LogP contribution is -2.32. The van der Waals surface area contributed by atoms with Crippen LogP contribution in [-0.2, 0) is 7.05 Å². The molecule has 9 heteroatoms. The molecule has 34 heavy (non-hydrogen) atoms. The van der Waals surface area contributed by atoms with Crippen LogP contribution < -0.4 is 10.1 Å². The molecule has 2 aromatic carbocycles. The fourth-order valence-electron chi connectivity index (χ4n) is 3.76. The molecule has 0 aliphatic carbocycles. The smallest absolute Gasteiger partial charge is 0.291 e. The van der Waals surface area contributed by atoms with Crippen molar-refractivity contribution in [2.45, 2.75) is 6.04 Å². The Bertz CT molecular complexity index is 1410. The fourth-order valence-corrected chi connectivity index (χ4v) is 4.46. The van der Waals surface area contributed by atoms with E-state index in [-0.39, 0.29) is 5.82 Å². The van der Waals surface area contributed by atoms with E-state index < -0.39 is 11.9 Å². The number of aryl methyl sites for hydroxylation is 1. The molecular formula is C25H22N6O2S. The van der Waals surface area contributed by atoms with Gasteiger partial charge in [0.05, 0.1) is 17.7 Å². The number of aromatic nitrogens is 5. The minimum Gasteiger partial charge on any atom is -0.496 e. The molecule has 5 rings (SSSR count). The lowest BCUT2D eigenvalue weighted by atomic mass is 10.0. The van der Waals surface area contributed by atoms with Gasteiger partial charge in [0.2, 0.25) is 5.82 Å². The molecule has 0 aliphatic rings. The summed E-state index contributed by atoms with van der Waals surface area (Å²) >= 11 is 1.54. The van der Waals surface area contributed by atoms with Crippen molar-refractivity contribution in [3.63, 3.8) is 0 Å². The van der Waals surface area contributed by atoms with Crippen LogP contribution >= 0.6 is 11.3 Å². The first-order chi connectivity index (χ1) is 16.7. The zero-order valence-electron chi connectivity index (χ0n) is 18.6. The molecule has 0 saturated carbocycles. The zero-order chi connectivity index (χ0) is 23.5. The lowest BCUT2D eigenvalue weighted by Gasteiger charge is -2.20. The summed E-state index contributed by atoms with van der Waals surface area (Å²) in [5.41, 5.74) is 1.61. The Morgan fingerprint density at radius 2 is 1.85 bits per heavy atom.